The van der Waals surface area contributed by atoms with Crippen LogP contribution in [-0.2, 0) is 14.3 Å². The Balaban J connectivity index is 1.59. The van der Waals surface area contributed by atoms with E-state index >= 15 is 0 Å². The Kier molecular flexibility index (Phi) is 7.52. The van der Waals surface area contributed by atoms with Crippen LogP contribution in [0.5, 0.6) is 5.75 Å². The Labute approximate surface area is 233 Å². The molecule has 204 valence electrons. The predicted molar refractivity (Wildman–Crippen MR) is 149 cm³/mol. The van der Waals surface area contributed by atoms with Gasteiger partial charge in [0.15, 0.2) is 4.80 Å². The number of aromatic nitrogens is 1. The van der Waals surface area contributed by atoms with Gasteiger partial charge >= 0.3 is 11.9 Å². The van der Waals surface area contributed by atoms with Gasteiger partial charge in [0.25, 0.3) is 5.56 Å². The molecule has 0 spiro atoms. The van der Waals surface area contributed by atoms with Crippen molar-refractivity contribution in [3.63, 3.8) is 0 Å². The second-order valence-corrected chi connectivity index (χ2v) is 9.86. The summed E-state index contributed by atoms with van der Waals surface area (Å²) in [5, 5.41) is 0. The maximum atomic E-state index is 13.8. The zero-order valence-corrected chi connectivity index (χ0v) is 23.1. The number of rotatable bonds is 7. The summed E-state index contributed by atoms with van der Waals surface area (Å²) in [7, 11) is 2.90. The standard InChI is InChI=1S/C30H26N2O7S/c1-5-38-29(35)25-17(2)31-30-32(26(25)18-9-11-21(36-3)12-10-18)27(33)24(40-30)16-22-13-14-23(39-22)19-7-6-8-20(15-19)28(34)37-4/h6-16,26H,5H2,1-4H3/b24-16+/t26-/m1/s1. The minimum absolute atomic E-state index is 0.193. The van der Waals surface area contributed by atoms with Gasteiger partial charge in [-0.2, -0.15) is 0 Å². The van der Waals surface area contributed by atoms with Gasteiger partial charge in [0.2, 0.25) is 0 Å². The van der Waals surface area contributed by atoms with E-state index in [0.29, 0.717) is 49.0 Å². The topological polar surface area (TPSA) is 109 Å². The molecule has 40 heavy (non-hydrogen) atoms. The lowest BCUT2D eigenvalue weighted by molar-refractivity contribution is -0.139. The average molecular weight is 559 g/mol. The number of carbonyl (C=O) groups is 2. The fourth-order valence-electron chi connectivity index (χ4n) is 4.53. The molecule has 1 atom stereocenters. The minimum atomic E-state index is -0.725. The molecule has 0 radical (unpaired) electrons. The lowest BCUT2D eigenvalue weighted by atomic mass is 9.96. The molecule has 4 aromatic rings. The van der Waals surface area contributed by atoms with Crippen LogP contribution in [0, 0.1) is 0 Å². The molecular formula is C30H26N2O7S. The molecule has 0 fully saturated rings. The molecule has 2 aromatic heterocycles. The highest BCUT2D eigenvalue weighted by atomic mass is 32.1. The molecule has 0 bridgehead atoms. The first kappa shape index (κ1) is 26.9. The third kappa shape index (κ3) is 5.01. The molecule has 0 saturated carbocycles. The van der Waals surface area contributed by atoms with Crippen LogP contribution in [0.25, 0.3) is 17.4 Å². The second-order valence-electron chi connectivity index (χ2n) is 8.85. The highest BCUT2D eigenvalue weighted by molar-refractivity contribution is 7.07. The maximum absolute atomic E-state index is 13.8. The Bertz CT molecular complexity index is 1810. The van der Waals surface area contributed by atoms with E-state index in [4.69, 9.17) is 18.6 Å². The smallest absolute Gasteiger partial charge is 0.338 e. The molecule has 0 saturated heterocycles. The first-order valence-corrected chi connectivity index (χ1v) is 13.3. The normalized spacial score (nSPS) is 14.9. The van der Waals surface area contributed by atoms with Crippen molar-refractivity contribution in [1.82, 2.24) is 4.57 Å². The van der Waals surface area contributed by atoms with Gasteiger partial charge in [0.05, 0.1) is 48.2 Å². The SMILES string of the molecule is CCOC(=O)C1=C(C)N=c2s/c(=C/c3ccc(-c4cccc(C(=O)OC)c4)o3)c(=O)n2[C@@H]1c1ccc(OC)cc1. The first-order valence-electron chi connectivity index (χ1n) is 12.5. The zero-order valence-electron chi connectivity index (χ0n) is 22.3. The molecule has 5 rings (SSSR count). The quantitative estimate of drug-likeness (QED) is 0.317. The van der Waals surface area contributed by atoms with E-state index < -0.39 is 18.0 Å². The summed E-state index contributed by atoms with van der Waals surface area (Å²) in [5.41, 5.74) is 2.28. The third-order valence-corrected chi connectivity index (χ3v) is 7.40. The second kappa shape index (κ2) is 11.2. The van der Waals surface area contributed by atoms with E-state index in [1.807, 2.05) is 18.2 Å². The van der Waals surface area contributed by atoms with Crippen molar-refractivity contribution in [1.29, 1.82) is 0 Å². The Hall–Kier alpha value is -4.70. The fraction of sp³-hybridized carbons (Fsp3) is 0.200. The number of ether oxygens (including phenoxy) is 3. The number of nitrogens with zero attached hydrogens (tertiary/aromatic N) is 2. The Morgan fingerprint density at radius 1 is 1.07 bits per heavy atom. The highest BCUT2D eigenvalue weighted by Gasteiger charge is 2.33. The molecule has 1 aliphatic rings. The van der Waals surface area contributed by atoms with E-state index in [0.717, 1.165) is 5.56 Å². The summed E-state index contributed by atoms with van der Waals surface area (Å²) >= 11 is 1.20. The Morgan fingerprint density at radius 2 is 1.85 bits per heavy atom. The lowest BCUT2D eigenvalue weighted by Gasteiger charge is -2.24. The molecule has 1 aliphatic heterocycles. The van der Waals surface area contributed by atoms with Crippen LogP contribution in [0.2, 0.25) is 0 Å². The number of hydrogen-bond acceptors (Lipinski definition) is 9. The van der Waals surface area contributed by atoms with Crippen molar-refractivity contribution >= 4 is 29.4 Å². The minimum Gasteiger partial charge on any atom is -0.497 e. The number of hydrogen-bond donors (Lipinski definition) is 0. The third-order valence-electron chi connectivity index (χ3n) is 6.42. The van der Waals surface area contributed by atoms with Crippen molar-refractivity contribution in [2.75, 3.05) is 20.8 Å². The van der Waals surface area contributed by atoms with Gasteiger partial charge < -0.3 is 18.6 Å². The number of furan rings is 1. The number of methoxy groups -OCH3 is 2. The summed E-state index contributed by atoms with van der Waals surface area (Å²) in [6.07, 6.45) is 1.64. The lowest BCUT2D eigenvalue weighted by Crippen LogP contribution is -2.39. The van der Waals surface area contributed by atoms with Crippen LogP contribution < -0.4 is 19.6 Å². The number of fused-ring (bicyclic) bond motifs is 1. The monoisotopic (exact) mass is 558 g/mol. The van der Waals surface area contributed by atoms with Crippen LogP contribution in [-0.4, -0.2) is 37.3 Å². The Morgan fingerprint density at radius 3 is 2.55 bits per heavy atom. The van der Waals surface area contributed by atoms with E-state index in [9.17, 15) is 14.4 Å². The van der Waals surface area contributed by atoms with E-state index in [1.165, 1.54) is 23.0 Å². The summed E-state index contributed by atoms with van der Waals surface area (Å²) in [6.45, 7) is 3.66. The van der Waals surface area contributed by atoms with Gasteiger partial charge in [-0.3, -0.25) is 9.36 Å². The van der Waals surface area contributed by atoms with Gasteiger partial charge in [-0.1, -0.05) is 35.6 Å². The van der Waals surface area contributed by atoms with Crippen LogP contribution in [0.15, 0.2) is 86.1 Å². The van der Waals surface area contributed by atoms with Crippen LogP contribution in [0.4, 0.5) is 0 Å². The van der Waals surface area contributed by atoms with Crippen LogP contribution in [0.1, 0.15) is 41.6 Å². The summed E-state index contributed by atoms with van der Waals surface area (Å²) in [4.78, 5) is 43.8. The van der Waals surface area contributed by atoms with Gasteiger partial charge in [-0.05, 0) is 55.8 Å². The molecule has 10 heteroatoms. The van der Waals surface area contributed by atoms with E-state index in [2.05, 4.69) is 4.99 Å². The van der Waals surface area contributed by atoms with Gasteiger partial charge in [-0.15, -0.1) is 0 Å². The maximum Gasteiger partial charge on any atom is 0.338 e. The zero-order chi connectivity index (χ0) is 28.4. The molecule has 0 unspecified atom stereocenters. The summed E-state index contributed by atoms with van der Waals surface area (Å²) < 4.78 is 23.3. The fourth-order valence-corrected chi connectivity index (χ4v) is 5.55. The average Bonchev–Trinajstić information content (AvgIpc) is 3.56. The van der Waals surface area contributed by atoms with Crippen molar-refractivity contribution in [3.8, 4) is 17.1 Å². The molecule has 0 aliphatic carbocycles. The largest absolute Gasteiger partial charge is 0.497 e. The summed E-state index contributed by atoms with van der Waals surface area (Å²) in [6, 6.07) is 16.9. The number of carbonyl (C=O) groups excluding carboxylic acids is 2. The van der Waals surface area contributed by atoms with E-state index in [1.54, 1.807) is 69.5 Å². The van der Waals surface area contributed by atoms with E-state index in [-0.39, 0.29) is 12.2 Å². The molecule has 2 aromatic carbocycles. The molecule has 0 N–H and O–H groups in total. The summed E-state index contributed by atoms with van der Waals surface area (Å²) in [5.74, 6) is 0.662. The molecule has 3 heterocycles. The van der Waals surface area contributed by atoms with Gasteiger partial charge in [0.1, 0.15) is 17.3 Å². The number of thiazole rings is 1. The van der Waals surface area contributed by atoms with Crippen molar-refractivity contribution in [2.24, 2.45) is 4.99 Å². The van der Waals surface area contributed by atoms with Crippen molar-refractivity contribution in [2.45, 2.75) is 19.9 Å². The van der Waals surface area contributed by atoms with Gasteiger partial charge in [0, 0.05) is 11.6 Å². The molecule has 9 nitrogen and oxygen atoms in total. The molecule has 0 amide bonds. The van der Waals surface area contributed by atoms with Gasteiger partial charge in [-0.25, -0.2) is 14.6 Å². The van der Waals surface area contributed by atoms with Crippen LogP contribution in [0.3, 0.4) is 0 Å². The predicted octanol–water partition coefficient (Wildman–Crippen LogP) is 3.85. The first-order chi connectivity index (χ1) is 19.3. The number of benzene rings is 2. The van der Waals surface area contributed by atoms with Crippen molar-refractivity contribution < 1.29 is 28.2 Å². The molecular weight excluding hydrogens is 532 g/mol. The number of esters is 2. The highest BCUT2D eigenvalue weighted by Crippen LogP contribution is 2.31. The number of allylic oxidation sites excluding steroid dienone is 1. The van der Waals surface area contributed by atoms with Crippen LogP contribution >= 0.6 is 11.3 Å². The van der Waals surface area contributed by atoms with Crippen molar-refractivity contribution in [3.05, 3.63) is 109 Å².